The molecule has 0 unspecified atom stereocenters. The van der Waals surface area contributed by atoms with Crippen molar-refractivity contribution < 1.29 is 19.1 Å². The Labute approximate surface area is 89.1 Å². The molecular weight excluding hydrogens is 200 g/mol. The molecule has 0 spiro atoms. The number of rotatable bonds is 9. The van der Waals surface area contributed by atoms with E-state index < -0.39 is 5.91 Å². The minimum atomic E-state index is -0.472. The van der Waals surface area contributed by atoms with Crippen LogP contribution in [0.15, 0.2) is 0 Å². The van der Waals surface area contributed by atoms with Crippen molar-refractivity contribution in [2.75, 3.05) is 33.4 Å². The first-order chi connectivity index (χ1) is 7.16. The number of carbonyl (C=O) groups excluding carboxylic acids is 2. The van der Waals surface area contributed by atoms with Crippen LogP contribution in [-0.2, 0) is 19.1 Å². The quantitative estimate of drug-likeness (QED) is 0.384. The number of nitrogens with two attached hydrogens (primary N) is 1. The molecule has 0 rings (SSSR count). The highest BCUT2D eigenvalue weighted by molar-refractivity contribution is 5.74. The van der Waals surface area contributed by atoms with Gasteiger partial charge < -0.3 is 20.5 Å². The van der Waals surface area contributed by atoms with Crippen LogP contribution in [0.3, 0.4) is 0 Å². The summed E-state index contributed by atoms with van der Waals surface area (Å²) in [4.78, 5) is 21.0. The molecule has 6 heteroatoms. The molecule has 0 aliphatic carbocycles. The van der Waals surface area contributed by atoms with Crippen LogP contribution in [0.5, 0.6) is 0 Å². The maximum atomic E-state index is 10.7. The topological polar surface area (TPSA) is 90.7 Å². The highest BCUT2D eigenvalue weighted by atomic mass is 16.5. The summed E-state index contributed by atoms with van der Waals surface area (Å²) in [7, 11) is 1.37. The Morgan fingerprint density at radius 1 is 1.33 bits per heavy atom. The Morgan fingerprint density at radius 3 is 2.67 bits per heavy atom. The van der Waals surface area contributed by atoms with Gasteiger partial charge in [-0.05, 0) is 13.0 Å². The highest BCUT2D eigenvalue weighted by Gasteiger charge is 1.98. The molecule has 3 N–H and O–H groups in total. The number of hydrogen-bond acceptors (Lipinski definition) is 5. The molecule has 0 aromatic heterocycles. The summed E-state index contributed by atoms with van der Waals surface area (Å²) < 4.78 is 9.39. The van der Waals surface area contributed by atoms with Crippen molar-refractivity contribution in [3.8, 4) is 0 Å². The summed E-state index contributed by atoms with van der Waals surface area (Å²) in [6.45, 7) is 1.73. The van der Waals surface area contributed by atoms with Gasteiger partial charge in [0.25, 0.3) is 0 Å². The van der Waals surface area contributed by atoms with Gasteiger partial charge in [-0.15, -0.1) is 0 Å². The van der Waals surface area contributed by atoms with Crippen molar-refractivity contribution in [1.29, 1.82) is 0 Å². The van der Waals surface area contributed by atoms with Crippen LogP contribution in [0.1, 0.15) is 12.8 Å². The molecule has 0 aromatic rings. The molecule has 15 heavy (non-hydrogen) atoms. The zero-order chi connectivity index (χ0) is 11.5. The van der Waals surface area contributed by atoms with E-state index in [4.69, 9.17) is 10.5 Å². The number of carbonyl (C=O) groups is 2. The fourth-order valence-corrected chi connectivity index (χ4v) is 0.902. The maximum absolute atomic E-state index is 10.7. The van der Waals surface area contributed by atoms with E-state index in [1.165, 1.54) is 7.11 Å². The molecule has 0 aliphatic rings. The largest absolute Gasteiger partial charge is 0.469 e. The first-order valence-corrected chi connectivity index (χ1v) is 4.80. The van der Waals surface area contributed by atoms with Gasteiger partial charge >= 0.3 is 5.97 Å². The predicted octanol–water partition coefficient (Wildman–Crippen LogP) is -0.969. The van der Waals surface area contributed by atoms with Crippen LogP contribution in [0.2, 0.25) is 0 Å². The van der Waals surface area contributed by atoms with Gasteiger partial charge in [0.05, 0.1) is 13.7 Å². The van der Waals surface area contributed by atoms with Crippen LogP contribution in [-0.4, -0.2) is 45.3 Å². The van der Waals surface area contributed by atoms with Gasteiger partial charge in [0.15, 0.2) is 0 Å². The smallest absolute Gasteiger partial charge is 0.305 e. The van der Waals surface area contributed by atoms with E-state index in [0.717, 1.165) is 13.0 Å². The van der Waals surface area contributed by atoms with E-state index in [-0.39, 0.29) is 12.6 Å². The molecule has 6 nitrogen and oxygen atoms in total. The fourth-order valence-electron chi connectivity index (χ4n) is 0.902. The Morgan fingerprint density at radius 2 is 2.07 bits per heavy atom. The van der Waals surface area contributed by atoms with Gasteiger partial charge in [0.1, 0.15) is 6.61 Å². The van der Waals surface area contributed by atoms with E-state index >= 15 is 0 Å². The van der Waals surface area contributed by atoms with E-state index in [9.17, 15) is 9.59 Å². The van der Waals surface area contributed by atoms with Gasteiger partial charge in [-0.1, -0.05) is 0 Å². The van der Waals surface area contributed by atoms with Crippen molar-refractivity contribution in [3.05, 3.63) is 0 Å². The summed E-state index contributed by atoms with van der Waals surface area (Å²) in [5, 5.41) is 3.05. The summed E-state index contributed by atoms with van der Waals surface area (Å²) in [6.07, 6.45) is 1.13. The highest BCUT2D eigenvalue weighted by Crippen LogP contribution is 1.89. The lowest BCUT2D eigenvalue weighted by Gasteiger charge is -2.04. The molecule has 0 bridgehead atoms. The molecule has 0 heterocycles. The van der Waals surface area contributed by atoms with E-state index in [1.807, 2.05) is 0 Å². The second kappa shape index (κ2) is 9.42. The van der Waals surface area contributed by atoms with Crippen LogP contribution >= 0.6 is 0 Å². The zero-order valence-corrected chi connectivity index (χ0v) is 8.95. The summed E-state index contributed by atoms with van der Waals surface area (Å²) >= 11 is 0. The number of hydrogen-bond donors (Lipinski definition) is 2. The Bertz CT molecular complexity index is 197. The van der Waals surface area contributed by atoms with Crippen molar-refractivity contribution in [3.63, 3.8) is 0 Å². The van der Waals surface area contributed by atoms with Crippen molar-refractivity contribution in [2.45, 2.75) is 12.8 Å². The first-order valence-electron chi connectivity index (χ1n) is 4.80. The third-order valence-electron chi connectivity index (χ3n) is 1.63. The van der Waals surface area contributed by atoms with Crippen LogP contribution in [0.4, 0.5) is 0 Å². The minimum absolute atomic E-state index is 0.0517. The number of nitrogens with one attached hydrogen (secondary N) is 1. The second-order valence-corrected chi connectivity index (χ2v) is 2.95. The number of primary amides is 1. The molecule has 0 aliphatic heterocycles. The van der Waals surface area contributed by atoms with Crippen LogP contribution in [0.25, 0.3) is 0 Å². The summed E-state index contributed by atoms with van der Waals surface area (Å²) in [5.74, 6) is -0.678. The normalized spacial score (nSPS) is 9.93. The molecular formula is C9H18N2O4. The van der Waals surface area contributed by atoms with Crippen molar-refractivity contribution >= 4 is 11.9 Å². The lowest BCUT2D eigenvalue weighted by molar-refractivity contribution is -0.140. The van der Waals surface area contributed by atoms with E-state index in [0.29, 0.717) is 19.6 Å². The lowest BCUT2D eigenvalue weighted by atomic mass is 10.3. The Kier molecular flexibility index (Phi) is 8.70. The number of methoxy groups -OCH3 is 1. The molecule has 0 radical (unpaired) electrons. The van der Waals surface area contributed by atoms with Crippen LogP contribution in [0, 0.1) is 0 Å². The molecule has 0 fully saturated rings. The lowest BCUT2D eigenvalue weighted by Crippen LogP contribution is -2.24. The third-order valence-corrected chi connectivity index (χ3v) is 1.63. The summed E-state index contributed by atoms with van der Waals surface area (Å²) in [6, 6.07) is 0. The first kappa shape index (κ1) is 13.9. The minimum Gasteiger partial charge on any atom is -0.469 e. The van der Waals surface area contributed by atoms with Gasteiger partial charge in [0, 0.05) is 13.0 Å². The molecule has 0 saturated carbocycles. The molecule has 0 atom stereocenters. The van der Waals surface area contributed by atoms with E-state index in [2.05, 4.69) is 10.1 Å². The van der Waals surface area contributed by atoms with Gasteiger partial charge in [-0.25, -0.2) is 0 Å². The SMILES string of the molecule is COC(=O)CCCNCCOCC(N)=O. The average molecular weight is 218 g/mol. The van der Waals surface area contributed by atoms with Gasteiger partial charge in [-0.3, -0.25) is 9.59 Å². The standard InChI is InChI=1S/C9H18N2O4/c1-14-9(13)3-2-4-11-5-6-15-7-8(10)12/h11H,2-7H2,1H3,(H2,10,12). The molecule has 0 aromatic carbocycles. The van der Waals surface area contributed by atoms with Crippen molar-refractivity contribution in [1.82, 2.24) is 5.32 Å². The van der Waals surface area contributed by atoms with Crippen molar-refractivity contribution in [2.24, 2.45) is 5.73 Å². The Hall–Kier alpha value is -1.14. The second-order valence-electron chi connectivity index (χ2n) is 2.95. The molecule has 1 amide bonds. The van der Waals surface area contributed by atoms with E-state index in [1.54, 1.807) is 0 Å². The molecule has 0 saturated heterocycles. The van der Waals surface area contributed by atoms with Gasteiger partial charge in [-0.2, -0.15) is 0 Å². The zero-order valence-electron chi connectivity index (χ0n) is 8.95. The third kappa shape index (κ3) is 10.8. The monoisotopic (exact) mass is 218 g/mol. The van der Waals surface area contributed by atoms with Gasteiger partial charge in [0.2, 0.25) is 5.91 Å². The van der Waals surface area contributed by atoms with Crippen LogP contribution < -0.4 is 11.1 Å². The Balaban J connectivity index is 3.05. The maximum Gasteiger partial charge on any atom is 0.305 e. The number of amides is 1. The predicted molar refractivity (Wildman–Crippen MR) is 54.1 cm³/mol. The number of ether oxygens (including phenoxy) is 2. The molecule has 88 valence electrons. The number of esters is 1. The summed E-state index contributed by atoms with van der Waals surface area (Å²) in [5.41, 5.74) is 4.87. The fraction of sp³-hybridized carbons (Fsp3) is 0.778. The average Bonchev–Trinajstić information content (AvgIpc) is 2.21.